The number of allylic oxidation sites excluding steroid dienone is 2. The maximum absolute atomic E-state index is 11.7. The van der Waals surface area contributed by atoms with Crippen molar-refractivity contribution in [2.45, 2.75) is 44.8 Å². The van der Waals surface area contributed by atoms with E-state index in [0.29, 0.717) is 12.8 Å². The van der Waals surface area contributed by atoms with Crippen LogP contribution < -0.4 is 5.32 Å². The summed E-state index contributed by atoms with van der Waals surface area (Å²) in [6.07, 6.45) is 4.60. The summed E-state index contributed by atoms with van der Waals surface area (Å²) in [5.41, 5.74) is 0. The maximum Gasteiger partial charge on any atom is 0.332 e. The molecular formula is C13H19NO5. The average Bonchev–Trinajstić information content (AvgIpc) is 2.37. The Hall–Kier alpha value is -1.85. The van der Waals surface area contributed by atoms with Crippen LogP contribution in [0.15, 0.2) is 12.2 Å². The van der Waals surface area contributed by atoms with Gasteiger partial charge in [0.2, 0.25) is 5.91 Å². The highest BCUT2D eigenvalue weighted by atomic mass is 16.6. The van der Waals surface area contributed by atoms with Crippen LogP contribution in [-0.4, -0.2) is 37.1 Å². The minimum Gasteiger partial charge on any atom is -0.467 e. The summed E-state index contributed by atoms with van der Waals surface area (Å²) in [6, 6.07) is -0.968. The van der Waals surface area contributed by atoms with Gasteiger partial charge in [0.25, 0.3) is 0 Å². The van der Waals surface area contributed by atoms with E-state index in [-0.39, 0.29) is 18.7 Å². The van der Waals surface area contributed by atoms with Crippen molar-refractivity contribution in [1.82, 2.24) is 5.32 Å². The van der Waals surface area contributed by atoms with Crippen molar-refractivity contribution in [1.29, 1.82) is 0 Å². The number of carbonyl (C=O) groups is 3. The zero-order chi connectivity index (χ0) is 14.3. The molecule has 1 N–H and O–H groups in total. The van der Waals surface area contributed by atoms with Gasteiger partial charge in [-0.3, -0.25) is 9.59 Å². The van der Waals surface area contributed by atoms with Gasteiger partial charge < -0.3 is 14.8 Å². The van der Waals surface area contributed by atoms with Crippen LogP contribution in [0.1, 0.15) is 32.6 Å². The second-order valence-electron chi connectivity index (χ2n) is 4.31. The minimum atomic E-state index is -0.968. The molecule has 19 heavy (non-hydrogen) atoms. The first-order valence-corrected chi connectivity index (χ1v) is 6.26. The number of amides is 1. The van der Waals surface area contributed by atoms with Gasteiger partial charge in [-0.15, -0.1) is 0 Å². The van der Waals surface area contributed by atoms with E-state index in [9.17, 15) is 14.4 Å². The molecule has 0 saturated carbocycles. The number of nitrogens with one attached hydrogen (secondary N) is 1. The van der Waals surface area contributed by atoms with E-state index in [1.807, 2.05) is 12.2 Å². The highest BCUT2D eigenvalue weighted by Gasteiger charge is 2.30. The highest BCUT2D eigenvalue weighted by Crippen LogP contribution is 2.07. The van der Waals surface area contributed by atoms with Gasteiger partial charge in [0, 0.05) is 12.8 Å². The van der Waals surface area contributed by atoms with E-state index in [1.54, 1.807) is 6.92 Å². The molecule has 0 aromatic carbocycles. The smallest absolute Gasteiger partial charge is 0.332 e. The Bertz CT molecular complexity index is 377. The summed E-state index contributed by atoms with van der Waals surface area (Å²) in [4.78, 5) is 34.8. The molecule has 0 fully saturated rings. The van der Waals surface area contributed by atoms with E-state index in [2.05, 4.69) is 10.1 Å². The number of esters is 2. The number of methoxy groups -OCH3 is 1. The normalized spacial score (nSPS) is 25.6. The highest BCUT2D eigenvalue weighted by molar-refractivity contribution is 5.85. The lowest BCUT2D eigenvalue weighted by atomic mass is 10.1. The molecule has 0 saturated heterocycles. The molecule has 0 aromatic heterocycles. The second kappa shape index (κ2) is 7.56. The van der Waals surface area contributed by atoms with Crippen molar-refractivity contribution >= 4 is 17.8 Å². The largest absolute Gasteiger partial charge is 0.467 e. The Balaban J connectivity index is 2.81. The van der Waals surface area contributed by atoms with Crippen LogP contribution in [0.5, 0.6) is 0 Å². The first-order valence-electron chi connectivity index (χ1n) is 6.26. The van der Waals surface area contributed by atoms with Crippen LogP contribution in [-0.2, 0) is 23.9 Å². The maximum atomic E-state index is 11.7. The quantitative estimate of drug-likeness (QED) is 0.560. The fourth-order valence-corrected chi connectivity index (χ4v) is 1.73. The molecule has 2 atom stereocenters. The number of carbonyl (C=O) groups excluding carboxylic acids is 3. The van der Waals surface area contributed by atoms with Crippen molar-refractivity contribution in [2.75, 3.05) is 7.11 Å². The zero-order valence-electron chi connectivity index (χ0n) is 11.2. The first-order chi connectivity index (χ1) is 9.04. The Morgan fingerprint density at radius 3 is 2.58 bits per heavy atom. The first kappa shape index (κ1) is 15.2. The number of ether oxygens (including phenoxy) is 2. The molecule has 1 heterocycles. The van der Waals surface area contributed by atoms with Gasteiger partial charge in [0.05, 0.1) is 7.11 Å². The number of rotatable bonds is 1. The fourth-order valence-electron chi connectivity index (χ4n) is 1.73. The molecule has 0 radical (unpaired) electrons. The summed E-state index contributed by atoms with van der Waals surface area (Å²) in [5, 5.41) is 2.53. The summed E-state index contributed by atoms with van der Waals surface area (Å²) in [5.74, 6) is -1.30. The van der Waals surface area contributed by atoms with E-state index >= 15 is 0 Å². The molecule has 1 aliphatic rings. The summed E-state index contributed by atoms with van der Waals surface area (Å²) < 4.78 is 9.73. The SMILES string of the molecule is COC(=O)C1NC(=O)CCC=CCCC(=O)OC1C. The van der Waals surface area contributed by atoms with Gasteiger partial charge >= 0.3 is 11.9 Å². The summed E-state index contributed by atoms with van der Waals surface area (Å²) in [7, 11) is 1.22. The molecule has 6 heteroatoms. The van der Waals surface area contributed by atoms with Gasteiger partial charge in [0.15, 0.2) is 6.04 Å². The molecule has 106 valence electrons. The predicted molar refractivity (Wildman–Crippen MR) is 67.1 cm³/mol. The average molecular weight is 269 g/mol. The van der Waals surface area contributed by atoms with Gasteiger partial charge in [0.1, 0.15) is 6.10 Å². The topological polar surface area (TPSA) is 81.7 Å². The van der Waals surface area contributed by atoms with E-state index in [1.165, 1.54) is 7.11 Å². The monoisotopic (exact) mass is 269 g/mol. The standard InChI is InChI=1S/C13H19NO5/c1-9-12(13(17)18-2)14-10(15)7-5-3-4-6-8-11(16)19-9/h3-4,9,12H,5-8H2,1-2H3,(H,14,15). The summed E-state index contributed by atoms with van der Waals surface area (Å²) >= 11 is 0. The third kappa shape index (κ3) is 5.11. The van der Waals surface area contributed by atoms with Crippen LogP contribution >= 0.6 is 0 Å². The fraction of sp³-hybridized carbons (Fsp3) is 0.615. The van der Waals surface area contributed by atoms with Crippen LogP contribution in [0.2, 0.25) is 0 Å². The summed E-state index contributed by atoms with van der Waals surface area (Å²) in [6.45, 7) is 1.56. The lowest BCUT2D eigenvalue weighted by molar-refractivity contribution is -0.157. The molecule has 0 bridgehead atoms. The van der Waals surface area contributed by atoms with Gasteiger partial charge in [-0.05, 0) is 19.8 Å². The van der Waals surface area contributed by atoms with Gasteiger partial charge in [-0.25, -0.2) is 4.79 Å². The Morgan fingerprint density at radius 1 is 1.32 bits per heavy atom. The third-order valence-electron chi connectivity index (χ3n) is 2.78. The van der Waals surface area contributed by atoms with Crippen LogP contribution in [0, 0.1) is 0 Å². The predicted octanol–water partition coefficient (Wildman–Crippen LogP) is 0.706. The van der Waals surface area contributed by atoms with Crippen LogP contribution in [0.3, 0.4) is 0 Å². The molecule has 1 rings (SSSR count). The number of cyclic esters (lactones) is 1. The van der Waals surface area contributed by atoms with E-state index in [0.717, 1.165) is 0 Å². The molecular weight excluding hydrogens is 250 g/mol. The van der Waals surface area contributed by atoms with Gasteiger partial charge in [-0.2, -0.15) is 0 Å². The van der Waals surface area contributed by atoms with E-state index in [4.69, 9.17) is 4.74 Å². The van der Waals surface area contributed by atoms with Crippen LogP contribution in [0.25, 0.3) is 0 Å². The zero-order valence-corrected chi connectivity index (χ0v) is 11.2. The van der Waals surface area contributed by atoms with Crippen molar-refractivity contribution in [3.8, 4) is 0 Å². The van der Waals surface area contributed by atoms with Crippen molar-refractivity contribution < 1.29 is 23.9 Å². The second-order valence-corrected chi connectivity index (χ2v) is 4.31. The Labute approximate surface area is 112 Å². The van der Waals surface area contributed by atoms with Crippen molar-refractivity contribution in [2.24, 2.45) is 0 Å². The van der Waals surface area contributed by atoms with E-state index < -0.39 is 24.1 Å². The van der Waals surface area contributed by atoms with Crippen LogP contribution in [0.4, 0.5) is 0 Å². The lowest BCUT2D eigenvalue weighted by Crippen LogP contribution is -2.49. The molecule has 0 aliphatic carbocycles. The molecule has 1 amide bonds. The van der Waals surface area contributed by atoms with Gasteiger partial charge in [-0.1, -0.05) is 12.2 Å². The lowest BCUT2D eigenvalue weighted by Gasteiger charge is -2.23. The molecule has 6 nitrogen and oxygen atoms in total. The number of hydrogen-bond donors (Lipinski definition) is 1. The molecule has 0 aromatic rings. The minimum absolute atomic E-state index is 0.253. The van der Waals surface area contributed by atoms with Crippen molar-refractivity contribution in [3.05, 3.63) is 12.2 Å². The Kier molecular flexibility index (Phi) is 6.05. The number of hydrogen-bond acceptors (Lipinski definition) is 5. The Morgan fingerprint density at radius 2 is 1.95 bits per heavy atom. The molecule has 0 spiro atoms. The van der Waals surface area contributed by atoms with Crippen molar-refractivity contribution in [3.63, 3.8) is 0 Å². The molecule has 1 aliphatic heterocycles. The molecule has 2 unspecified atom stereocenters. The third-order valence-corrected chi connectivity index (χ3v) is 2.78.